The fourth-order valence-electron chi connectivity index (χ4n) is 3.65. The number of ether oxygens (including phenoxy) is 1. The van der Waals surface area contributed by atoms with Crippen molar-refractivity contribution in [2.24, 2.45) is 11.8 Å². The predicted molar refractivity (Wildman–Crippen MR) is 105 cm³/mol. The van der Waals surface area contributed by atoms with Gasteiger partial charge in [-0.15, -0.1) is 0 Å². The van der Waals surface area contributed by atoms with Crippen molar-refractivity contribution in [3.63, 3.8) is 0 Å². The van der Waals surface area contributed by atoms with E-state index in [1.807, 2.05) is 13.0 Å². The maximum absolute atomic E-state index is 14.3. The fourth-order valence-corrected chi connectivity index (χ4v) is 4.11. The van der Waals surface area contributed by atoms with Crippen LogP contribution in [0.1, 0.15) is 25.3 Å². The maximum Gasteiger partial charge on any atom is 0.307 e. The highest BCUT2D eigenvalue weighted by Gasteiger charge is 2.40. The molecule has 1 saturated carbocycles. The number of nitro groups is 1. The van der Waals surface area contributed by atoms with Crippen molar-refractivity contribution in [3.8, 4) is 11.5 Å². The molecule has 0 saturated heterocycles. The number of hydrogen-bond acceptors (Lipinski definition) is 5. The Hall–Kier alpha value is -2.55. The first-order valence-corrected chi connectivity index (χ1v) is 9.98. The van der Waals surface area contributed by atoms with E-state index in [9.17, 15) is 23.7 Å². The van der Waals surface area contributed by atoms with Gasteiger partial charge in [-0.3, -0.25) is 14.9 Å². The molecular formula is C20H17BrF2N2O4. The van der Waals surface area contributed by atoms with Gasteiger partial charge in [0.05, 0.1) is 15.5 Å². The van der Waals surface area contributed by atoms with Gasteiger partial charge in [-0.2, -0.15) is 4.39 Å². The van der Waals surface area contributed by atoms with Crippen LogP contribution in [0.2, 0.25) is 0 Å². The second kappa shape index (κ2) is 7.37. The first kappa shape index (κ1) is 19.8. The van der Waals surface area contributed by atoms with E-state index in [1.54, 1.807) is 6.07 Å². The van der Waals surface area contributed by atoms with Crippen LogP contribution in [0.15, 0.2) is 28.7 Å². The van der Waals surface area contributed by atoms with E-state index in [1.165, 1.54) is 0 Å². The van der Waals surface area contributed by atoms with Crippen molar-refractivity contribution in [1.82, 2.24) is 0 Å². The lowest BCUT2D eigenvalue weighted by atomic mass is 9.83. The van der Waals surface area contributed by atoms with Crippen LogP contribution in [0.5, 0.6) is 11.5 Å². The molecule has 2 aromatic rings. The Bertz CT molecular complexity index is 1030. The highest BCUT2D eigenvalue weighted by atomic mass is 79.9. The molecule has 0 aromatic heterocycles. The summed E-state index contributed by atoms with van der Waals surface area (Å²) >= 11 is 3.36. The summed E-state index contributed by atoms with van der Waals surface area (Å²) in [6.45, 7) is 1.95. The third-order valence-corrected chi connectivity index (χ3v) is 6.00. The summed E-state index contributed by atoms with van der Waals surface area (Å²) in [4.78, 5) is 22.5. The number of anilines is 1. The zero-order chi connectivity index (χ0) is 20.9. The topological polar surface area (TPSA) is 81.5 Å². The Balaban J connectivity index is 1.71. The Kier molecular flexibility index (Phi) is 5.02. The summed E-state index contributed by atoms with van der Waals surface area (Å²) in [5, 5.41) is 14.1. The number of nitrogens with one attached hydrogen (secondary N) is 1. The van der Waals surface area contributed by atoms with Crippen LogP contribution in [0, 0.1) is 33.6 Å². The summed E-state index contributed by atoms with van der Waals surface area (Å²) in [5.41, 5.74) is 0.461. The van der Waals surface area contributed by atoms with E-state index in [2.05, 4.69) is 21.2 Å². The van der Waals surface area contributed by atoms with Gasteiger partial charge in [-0.05, 0) is 54.2 Å². The molecule has 9 heteroatoms. The van der Waals surface area contributed by atoms with Gasteiger partial charge in [0.1, 0.15) is 11.5 Å². The van der Waals surface area contributed by atoms with Gasteiger partial charge in [0.15, 0.2) is 11.6 Å². The number of benzene rings is 2. The Morgan fingerprint density at radius 2 is 2.00 bits per heavy atom. The first-order chi connectivity index (χ1) is 13.8. The minimum Gasteiger partial charge on any atom is -0.453 e. The average molecular weight is 467 g/mol. The van der Waals surface area contributed by atoms with Gasteiger partial charge in [-0.1, -0.05) is 0 Å². The smallest absolute Gasteiger partial charge is 0.307 e. The van der Waals surface area contributed by atoms with E-state index in [-0.39, 0.29) is 29.4 Å². The summed E-state index contributed by atoms with van der Waals surface area (Å²) in [7, 11) is 0. The van der Waals surface area contributed by atoms with E-state index in [4.69, 9.17) is 4.74 Å². The van der Waals surface area contributed by atoms with E-state index in [0.29, 0.717) is 28.6 Å². The fraction of sp³-hybridized carbons (Fsp3) is 0.350. The van der Waals surface area contributed by atoms with Crippen LogP contribution in [-0.2, 0) is 11.2 Å². The number of halogens is 3. The van der Waals surface area contributed by atoms with Crippen LogP contribution in [0.4, 0.5) is 20.2 Å². The van der Waals surface area contributed by atoms with Gasteiger partial charge in [-0.25, -0.2) is 4.39 Å². The summed E-state index contributed by atoms with van der Waals surface area (Å²) in [6, 6.07) is 4.63. The Labute approximate surface area is 173 Å². The van der Waals surface area contributed by atoms with Gasteiger partial charge < -0.3 is 10.1 Å². The molecule has 152 valence electrons. The van der Waals surface area contributed by atoms with Crippen LogP contribution < -0.4 is 10.1 Å². The third kappa shape index (κ3) is 3.71. The van der Waals surface area contributed by atoms with E-state index < -0.39 is 28.0 Å². The first-order valence-electron chi connectivity index (χ1n) is 9.19. The minimum absolute atomic E-state index is 0.0572. The number of carbonyl (C=O) groups excluding carboxylic acids is 1. The summed E-state index contributed by atoms with van der Waals surface area (Å²) in [5.74, 6) is -2.40. The van der Waals surface area contributed by atoms with Crippen LogP contribution in [-0.4, -0.2) is 16.7 Å². The molecule has 6 nitrogen and oxygen atoms in total. The number of ketones is 1. The lowest BCUT2D eigenvalue weighted by Gasteiger charge is -2.33. The average Bonchev–Trinajstić information content (AvgIpc) is 3.50. The van der Waals surface area contributed by atoms with Crippen molar-refractivity contribution in [1.29, 1.82) is 0 Å². The predicted octanol–water partition coefficient (Wildman–Crippen LogP) is 5.38. The molecule has 2 aromatic carbocycles. The maximum atomic E-state index is 14.3. The van der Waals surface area contributed by atoms with Crippen molar-refractivity contribution in [3.05, 3.63) is 56.1 Å². The number of hydrogen-bond donors (Lipinski definition) is 1. The monoisotopic (exact) mass is 466 g/mol. The molecule has 1 aliphatic heterocycles. The molecule has 1 fully saturated rings. The highest BCUT2D eigenvalue weighted by Crippen LogP contribution is 2.44. The second-order valence-electron chi connectivity index (χ2n) is 7.42. The molecule has 1 unspecified atom stereocenters. The molecule has 1 aliphatic carbocycles. The molecule has 0 bridgehead atoms. The molecule has 2 aliphatic rings. The van der Waals surface area contributed by atoms with Gasteiger partial charge >= 0.3 is 5.69 Å². The van der Waals surface area contributed by atoms with Crippen molar-refractivity contribution in [2.75, 3.05) is 5.32 Å². The van der Waals surface area contributed by atoms with Crippen molar-refractivity contribution >= 4 is 33.1 Å². The minimum atomic E-state index is -1.19. The SMILES string of the molecule is C[C@@H]1Nc2ccc(Br)c(Oc3cc(F)c([N+](=O)[O-])cc3F)c2CC1C(=O)C1CC1. The van der Waals surface area contributed by atoms with Crippen LogP contribution in [0.3, 0.4) is 0 Å². The molecule has 0 amide bonds. The van der Waals surface area contributed by atoms with E-state index in [0.717, 1.165) is 18.5 Å². The van der Waals surface area contributed by atoms with Gasteiger partial charge in [0.2, 0.25) is 5.82 Å². The number of nitro benzene ring substituents is 1. The normalized spacial score (nSPS) is 20.6. The standard InChI is InChI=1S/C20H17BrF2N2O4/c1-9-11(19(26)10-2-3-10)6-12-16(24-9)5-4-13(21)20(12)29-18-8-14(22)17(25(27)28)7-15(18)23/h4-5,7-11,24H,2-3,6H2,1H3/t9-,11?/m0/s1. The third-order valence-electron chi connectivity index (χ3n) is 5.38. The Morgan fingerprint density at radius 1 is 1.28 bits per heavy atom. The number of Topliss-reactive ketones (excluding diaryl/α,β-unsaturated/α-hetero) is 1. The zero-order valence-corrected chi connectivity index (χ0v) is 17.0. The van der Waals surface area contributed by atoms with Crippen molar-refractivity contribution < 1.29 is 23.2 Å². The lowest BCUT2D eigenvalue weighted by Crippen LogP contribution is -2.38. The van der Waals surface area contributed by atoms with Gasteiger partial charge in [0.25, 0.3) is 0 Å². The Morgan fingerprint density at radius 3 is 2.66 bits per heavy atom. The molecule has 1 heterocycles. The zero-order valence-electron chi connectivity index (χ0n) is 15.4. The van der Waals surface area contributed by atoms with Crippen LogP contribution in [0.25, 0.3) is 0 Å². The van der Waals surface area contributed by atoms with Gasteiger partial charge in [0, 0.05) is 35.2 Å². The molecule has 0 radical (unpaired) electrons. The highest BCUT2D eigenvalue weighted by molar-refractivity contribution is 9.10. The summed E-state index contributed by atoms with van der Waals surface area (Å²) in [6.07, 6.45) is 2.22. The number of nitrogens with zero attached hydrogens (tertiary/aromatic N) is 1. The second-order valence-corrected chi connectivity index (χ2v) is 8.27. The molecule has 1 N–H and O–H groups in total. The van der Waals surface area contributed by atoms with Crippen LogP contribution >= 0.6 is 15.9 Å². The number of carbonyl (C=O) groups is 1. The lowest BCUT2D eigenvalue weighted by molar-refractivity contribution is -0.387. The number of rotatable bonds is 5. The molecule has 2 atom stereocenters. The largest absolute Gasteiger partial charge is 0.453 e. The van der Waals surface area contributed by atoms with E-state index >= 15 is 0 Å². The molecule has 0 spiro atoms. The quantitative estimate of drug-likeness (QED) is 0.472. The summed E-state index contributed by atoms with van der Waals surface area (Å²) < 4.78 is 34.5. The molecular weight excluding hydrogens is 450 g/mol. The molecule has 4 rings (SSSR count). The molecule has 29 heavy (non-hydrogen) atoms. The van der Waals surface area contributed by atoms with Crippen molar-refractivity contribution in [2.45, 2.75) is 32.2 Å². The number of fused-ring (bicyclic) bond motifs is 1.